The Labute approximate surface area is 198 Å². The highest BCUT2D eigenvalue weighted by Gasteiger charge is 2.50. The van der Waals surface area contributed by atoms with Crippen molar-refractivity contribution < 1.29 is 14.0 Å². The van der Waals surface area contributed by atoms with Gasteiger partial charge in [-0.3, -0.25) is 4.98 Å². The molecule has 0 spiro atoms. The minimum Gasteiger partial charge on any atom is -0.456 e. The van der Waals surface area contributed by atoms with Crippen molar-refractivity contribution in [2.75, 3.05) is 6.61 Å². The van der Waals surface area contributed by atoms with E-state index in [-0.39, 0.29) is 17.6 Å². The second-order valence-corrected chi connectivity index (χ2v) is 13.3. The molecule has 0 aliphatic rings. The Bertz CT molecular complexity index is 1010. The smallest absolute Gasteiger partial charge is 0.334 e. The van der Waals surface area contributed by atoms with Crippen LogP contribution in [0.2, 0.25) is 5.04 Å². The summed E-state index contributed by atoms with van der Waals surface area (Å²) in [4.78, 5) is 16.9. The maximum Gasteiger partial charge on any atom is 0.334 e. The van der Waals surface area contributed by atoms with Crippen LogP contribution in [0.3, 0.4) is 0 Å². The van der Waals surface area contributed by atoms with Gasteiger partial charge < -0.3 is 9.16 Å². The summed E-state index contributed by atoms with van der Waals surface area (Å²) in [6.07, 6.45) is 4.00. The van der Waals surface area contributed by atoms with Crippen LogP contribution < -0.4 is 10.4 Å². The summed E-state index contributed by atoms with van der Waals surface area (Å²) in [5, 5.41) is 2.34. The molecule has 5 heteroatoms. The molecule has 4 nitrogen and oxygen atoms in total. The molecule has 0 N–H and O–H groups in total. The van der Waals surface area contributed by atoms with E-state index in [1.165, 1.54) is 10.4 Å². The molecule has 0 bridgehead atoms. The summed E-state index contributed by atoms with van der Waals surface area (Å²) in [5.74, 6) is -0.325. The lowest BCUT2D eigenvalue weighted by Gasteiger charge is -2.43. The van der Waals surface area contributed by atoms with Gasteiger partial charge >= 0.3 is 5.97 Å². The van der Waals surface area contributed by atoms with Crippen LogP contribution in [0.4, 0.5) is 0 Å². The quantitative estimate of drug-likeness (QED) is 0.256. The molecular weight excluding hydrogens is 426 g/mol. The third-order valence-electron chi connectivity index (χ3n) is 5.79. The number of allylic oxidation sites excluding steroid dienone is 1. The molecular formula is C28H33NO3Si. The SMILES string of the molecule is C/C=C(/CCO[Si](c1ccccc1)(c1ccccc1)C(C)(C)C)C(=O)OCc1ccccn1. The van der Waals surface area contributed by atoms with Crippen molar-refractivity contribution in [3.05, 3.63) is 102 Å². The molecule has 172 valence electrons. The first kappa shape index (κ1) is 24.6. The molecule has 33 heavy (non-hydrogen) atoms. The van der Waals surface area contributed by atoms with Crippen LogP contribution in [0.1, 0.15) is 39.8 Å². The van der Waals surface area contributed by atoms with E-state index < -0.39 is 8.32 Å². The van der Waals surface area contributed by atoms with Crippen LogP contribution in [0.15, 0.2) is 96.7 Å². The predicted octanol–water partition coefficient (Wildman–Crippen LogP) is 5.04. The van der Waals surface area contributed by atoms with Gasteiger partial charge in [0, 0.05) is 24.8 Å². The fourth-order valence-electron chi connectivity index (χ4n) is 4.16. The van der Waals surface area contributed by atoms with E-state index in [4.69, 9.17) is 9.16 Å². The summed E-state index contributed by atoms with van der Waals surface area (Å²) in [5.41, 5.74) is 1.34. The van der Waals surface area contributed by atoms with Crippen molar-refractivity contribution in [3.8, 4) is 0 Å². The van der Waals surface area contributed by atoms with E-state index in [0.29, 0.717) is 18.6 Å². The number of ether oxygens (including phenoxy) is 1. The molecule has 0 aliphatic carbocycles. The molecule has 0 radical (unpaired) electrons. The van der Waals surface area contributed by atoms with E-state index in [1.54, 1.807) is 6.20 Å². The lowest BCUT2D eigenvalue weighted by molar-refractivity contribution is -0.140. The molecule has 2 aromatic carbocycles. The Morgan fingerprint density at radius 1 is 0.909 bits per heavy atom. The lowest BCUT2D eigenvalue weighted by atomic mass is 10.2. The Morgan fingerprint density at radius 3 is 1.97 bits per heavy atom. The van der Waals surface area contributed by atoms with Crippen molar-refractivity contribution in [2.24, 2.45) is 0 Å². The average molecular weight is 460 g/mol. The number of esters is 1. The van der Waals surface area contributed by atoms with Crippen LogP contribution in [0, 0.1) is 0 Å². The summed E-state index contributed by atoms with van der Waals surface area (Å²) in [7, 11) is -2.62. The number of hydrogen-bond donors (Lipinski definition) is 0. The predicted molar refractivity (Wildman–Crippen MR) is 136 cm³/mol. The number of rotatable bonds is 9. The first-order valence-corrected chi connectivity index (χ1v) is 13.3. The van der Waals surface area contributed by atoms with Crippen LogP contribution in [0.5, 0.6) is 0 Å². The van der Waals surface area contributed by atoms with Gasteiger partial charge in [0.1, 0.15) is 6.61 Å². The Hall–Kier alpha value is -3.02. The van der Waals surface area contributed by atoms with E-state index in [9.17, 15) is 4.79 Å². The fourth-order valence-corrected chi connectivity index (χ4v) is 8.72. The lowest BCUT2D eigenvalue weighted by Crippen LogP contribution is -2.66. The van der Waals surface area contributed by atoms with Crippen LogP contribution in [0.25, 0.3) is 0 Å². The molecule has 0 saturated heterocycles. The van der Waals surface area contributed by atoms with Gasteiger partial charge in [0.15, 0.2) is 0 Å². The number of aromatic nitrogens is 1. The van der Waals surface area contributed by atoms with E-state index >= 15 is 0 Å². The van der Waals surface area contributed by atoms with Gasteiger partial charge in [0.25, 0.3) is 8.32 Å². The normalized spacial score (nSPS) is 12.4. The molecule has 0 atom stereocenters. The van der Waals surface area contributed by atoms with Crippen LogP contribution in [-0.4, -0.2) is 25.9 Å². The molecule has 0 saturated carbocycles. The van der Waals surface area contributed by atoms with Crippen molar-refractivity contribution in [3.63, 3.8) is 0 Å². The molecule has 0 amide bonds. The van der Waals surface area contributed by atoms with Crippen molar-refractivity contribution in [1.82, 2.24) is 4.98 Å². The van der Waals surface area contributed by atoms with Gasteiger partial charge in [-0.05, 0) is 34.5 Å². The van der Waals surface area contributed by atoms with Gasteiger partial charge in [-0.1, -0.05) is 93.6 Å². The summed E-state index contributed by atoms with van der Waals surface area (Å²) in [6.45, 7) is 9.20. The topological polar surface area (TPSA) is 48.4 Å². The highest BCUT2D eigenvalue weighted by Crippen LogP contribution is 2.36. The van der Waals surface area contributed by atoms with Gasteiger partial charge in [-0.25, -0.2) is 4.79 Å². The average Bonchev–Trinajstić information content (AvgIpc) is 2.84. The number of pyridine rings is 1. The van der Waals surface area contributed by atoms with Crippen molar-refractivity contribution in [1.29, 1.82) is 0 Å². The Balaban J connectivity index is 1.79. The maximum atomic E-state index is 12.7. The second kappa shape index (κ2) is 11.2. The van der Waals surface area contributed by atoms with Gasteiger partial charge in [-0.2, -0.15) is 0 Å². The van der Waals surface area contributed by atoms with E-state index in [0.717, 1.165) is 5.69 Å². The van der Waals surface area contributed by atoms with Gasteiger partial charge in [0.05, 0.1) is 5.69 Å². The third-order valence-corrected chi connectivity index (χ3v) is 10.8. The molecule has 0 aliphatic heterocycles. The zero-order valence-electron chi connectivity index (χ0n) is 20.0. The minimum absolute atomic E-state index is 0.106. The zero-order chi connectivity index (χ0) is 23.7. The molecule has 1 heterocycles. The number of hydrogen-bond acceptors (Lipinski definition) is 4. The molecule has 3 aromatic rings. The number of benzene rings is 2. The molecule has 0 unspecified atom stereocenters. The summed E-state index contributed by atoms with van der Waals surface area (Å²) >= 11 is 0. The van der Waals surface area contributed by atoms with Crippen LogP contribution >= 0.6 is 0 Å². The van der Waals surface area contributed by atoms with Gasteiger partial charge in [-0.15, -0.1) is 0 Å². The minimum atomic E-state index is -2.62. The largest absolute Gasteiger partial charge is 0.456 e. The molecule has 0 fully saturated rings. The van der Waals surface area contributed by atoms with Crippen LogP contribution in [-0.2, 0) is 20.6 Å². The Morgan fingerprint density at radius 2 is 1.48 bits per heavy atom. The number of carbonyl (C=O) groups is 1. The Kier molecular flexibility index (Phi) is 8.36. The second-order valence-electron chi connectivity index (χ2n) is 8.97. The highest BCUT2D eigenvalue weighted by atomic mass is 28.4. The fraction of sp³-hybridized carbons (Fsp3) is 0.286. The zero-order valence-corrected chi connectivity index (χ0v) is 21.0. The first-order valence-electron chi connectivity index (χ1n) is 11.4. The van der Waals surface area contributed by atoms with E-state index in [1.807, 2.05) is 43.3 Å². The first-order chi connectivity index (χ1) is 15.9. The van der Waals surface area contributed by atoms with Crippen molar-refractivity contribution >= 4 is 24.7 Å². The molecule has 1 aromatic heterocycles. The number of carbonyl (C=O) groups excluding carboxylic acids is 1. The molecule has 3 rings (SSSR count). The highest BCUT2D eigenvalue weighted by molar-refractivity contribution is 6.99. The van der Waals surface area contributed by atoms with E-state index in [2.05, 4.69) is 74.3 Å². The summed E-state index contributed by atoms with van der Waals surface area (Å²) in [6, 6.07) is 26.6. The monoisotopic (exact) mass is 459 g/mol. The third kappa shape index (κ3) is 5.86. The standard InChI is InChI=1S/C28H33NO3Si/c1-5-23(27(30)31-22-24-14-12-13-20-29-24)19-21-32-33(28(2,3)4,25-15-8-6-9-16-25)26-17-10-7-11-18-26/h5-18,20H,19,21-22H2,1-4H3/b23-5-. The summed E-state index contributed by atoms with van der Waals surface area (Å²) < 4.78 is 12.4. The van der Waals surface area contributed by atoms with Gasteiger partial charge in [0.2, 0.25) is 0 Å². The van der Waals surface area contributed by atoms with Crippen molar-refractivity contribution in [2.45, 2.75) is 45.8 Å². The number of nitrogens with zero attached hydrogens (tertiary/aromatic N) is 1. The maximum absolute atomic E-state index is 12.7.